The van der Waals surface area contributed by atoms with E-state index in [1.165, 1.54) is 32.1 Å². The van der Waals surface area contributed by atoms with Gasteiger partial charge in [0, 0.05) is 26.3 Å². The summed E-state index contributed by atoms with van der Waals surface area (Å²) in [5.74, 6) is 0.512. The molecule has 21 heavy (non-hydrogen) atoms. The van der Waals surface area contributed by atoms with Crippen LogP contribution in [0.3, 0.4) is 0 Å². The molecule has 0 bridgehead atoms. The molecular weight excluding hydrogens is 266 g/mol. The van der Waals surface area contributed by atoms with E-state index in [1.807, 2.05) is 6.92 Å². The maximum atomic E-state index is 5.90. The zero-order valence-corrected chi connectivity index (χ0v) is 13.8. The van der Waals surface area contributed by atoms with Crippen molar-refractivity contribution in [3.63, 3.8) is 0 Å². The molecule has 0 aromatic rings. The fourth-order valence-electron chi connectivity index (χ4n) is 2.66. The van der Waals surface area contributed by atoms with Gasteiger partial charge in [0.15, 0.2) is 5.96 Å². The first-order valence-corrected chi connectivity index (χ1v) is 8.39. The van der Waals surface area contributed by atoms with Gasteiger partial charge in [0.25, 0.3) is 0 Å². The highest BCUT2D eigenvalue weighted by molar-refractivity contribution is 5.78. The van der Waals surface area contributed by atoms with Crippen LogP contribution in [-0.4, -0.2) is 45.0 Å². The minimum atomic E-state index is 0.197. The summed E-state index contributed by atoms with van der Waals surface area (Å²) in [4.78, 5) is 4.32. The van der Waals surface area contributed by atoms with E-state index in [2.05, 4.69) is 10.3 Å². The summed E-state index contributed by atoms with van der Waals surface area (Å²) in [7, 11) is 1.68. The Bertz CT molecular complexity index is 279. The summed E-state index contributed by atoms with van der Waals surface area (Å²) < 4.78 is 10.9. The second-order valence-electron chi connectivity index (χ2n) is 5.96. The minimum Gasteiger partial charge on any atom is -0.383 e. The molecule has 1 aliphatic carbocycles. The number of aliphatic imine (C=N–C) groups is 1. The van der Waals surface area contributed by atoms with E-state index in [1.54, 1.807) is 7.11 Å². The van der Waals surface area contributed by atoms with Crippen LogP contribution < -0.4 is 11.1 Å². The van der Waals surface area contributed by atoms with E-state index < -0.39 is 0 Å². The maximum absolute atomic E-state index is 5.90. The highest BCUT2D eigenvalue weighted by atomic mass is 16.5. The molecule has 0 spiro atoms. The smallest absolute Gasteiger partial charge is 0.188 e. The first kappa shape index (κ1) is 18.2. The molecule has 0 saturated heterocycles. The Morgan fingerprint density at radius 2 is 2.00 bits per heavy atom. The van der Waals surface area contributed by atoms with Crippen LogP contribution in [0.2, 0.25) is 0 Å². The SMILES string of the molecule is COCC(C)NC(N)=NCCCCCOC1CCCCC1. The Labute approximate surface area is 129 Å². The molecule has 1 aliphatic rings. The second-order valence-corrected chi connectivity index (χ2v) is 5.96. The van der Waals surface area contributed by atoms with Gasteiger partial charge in [-0.05, 0) is 39.0 Å². The van der Waals surface area contributed by atoms with Crippen molar-refractivity contribution in [1.82, 2.24) is 5.32 Å². The molecule has 1 unspecified atom stereocenters. The summed E-state index contributed by atoms with van der Waals surface area (Å²) in [6.07, 6.45) is 10.4. The summed E-state index contributed by atoms with van der Waals surface area (Å²) >= 11 is 0. The summed E-state index contributed by atoms with van der Waals surface area (Å²) in [5, 5.41) is 3.10. The molecule has 0 aromatic heterocycles. The van der Waals surface area contributed by atoms with Crippen molar-refractivity contribution < 1.29 is 9.47 Å². The Morgan fingerprint density at radius 3 is 2.71 bits per heavy atom. The summed E-state index contributed by atoms with van der Waals surface area (Å²) in [6.45, 7) is 4.33. The van der Waals surface area contributed by atoms with Gasteiger partial charge in [-0.1, -0.05) is 19.3 Å². The summed E-state index contributed by atoms with van der Waals surface area (Å²) in [5.41, 5.74) is 5.80. The Balaban J connectivity index is 1.93. The first-order valence-electron chi connectivity index (χ1n) is 8.39. The number of ether oxygens (including phenoxy) is 2. The molecule has 0 aliphatic heterocycles. The Kier molecular flexibility index (Phi) is 10.3. The van der Waals surface area contributed by atoms with Crippen molar-refractivity contribution in [1.29, 1.82) is 0 Å². The van der Waals surface area contributed by atoms with Crippen LogP contribution in [-0.2, 0) is 9.47 Å². The lowest BCUT2D eigenvalue weighted by Crippen LogP contribution is -2.40. The fourth-order valence-corrected chi connectivity index (χ4v) is 2.66. The standard InChI is InChI=1S/C16H33N3O2/c1-14(13-20-2)19-16(17)18-11-7-4-8-12-21-15-9-5-3-6-10-15/h14-15H,3-13H2,1-2H3,(H3,17,18,19). The van der Waals surface area contributed by atoms with Gasteiger partial charge in [-0.3, -0.25) is 4.99 Å². The molecule has 0 radical (unpaired) electrons. The van der Waals surface area contributed by atoms with Crippen LogP contribution in [0.5, 0.6) is 0 Å². The molecule has 3 N–H and O–H groups in total. The lowest BCUT2D eigenvalue weighted by atomic mass is 9.98. The third kappa shape index (κ3) is 9.69. The molecule has 0 amide bonds. The molecule has 124 valence electrons. The third-order valence-corrected chi connectivity index (χ3v) is 3.80. The molecule has 0 aromatic carbocycles. The van der Waals surface area contributed by atoms with Crippen LogP contribution >= 0.6 is 0 Å². The number of nitrogens with one attached hydrogen (secondary N) is 1. The molecule has 1 atom stereocenters. The predicted molar refractivity (Wildman–Crippen MR) is 87.6 cm³/mol. The highest BCUT2D eigenvalue weighted by Crippen LogP contribution is 2.20. The van der Waals surface area contributed by atoms with Gasteiger partial charge >= 0.3 is 0 Å². The number of unbranched alkanes of at least 4 members (excludes halogenated alkanes) is 2. The Hall–Kier alpha value is -0.810. The van der Waals surface area contributed by atoms with Crippen LogP contribution in [0.4, 0.5) is 0 Å². The average molecular weight is 299 g/mol. The molecule has 1 fully saturated rings. The van der Waals surface area contributed by atoms with E-state index in [-0.39, 0.29) is 6.04 Å². The van der Waals surface area contributed by atoms with Crippen LogP contribution in [0.1, 0.15) is 58.3 Å². The molecule has 1 rings (SSSR count). The number of hydrogen-bond acceptors (Lipinski definition) is 3. The summed E-state index contributed by atoms with van der Waals surface area (Å²) in [6, 6.07) is 0.197. The Morgan fingerprint density at radius 1 is 1.24 bits per heavy atom. The number of methoxy groups -OCH3 is 1. The number of rotatable bonds is 10. The third-order valence-electron chi connectivity index (χ3n) is 3.80. The van der Waals surface area contributed by atoms with Gasteiger partial charge in [-0.25, -0.2) is 0 Å². The van der Waals surface area contributed by atoms with Crippen LogP contribution in [0, 0.1) is 0 Å². The molecular formula is C16H33N3O2. The average Bonchev–Trinajstić information content (AvgIpc) is 2.47. The number of hydrogen-bond donors (Lipinski definition) is 2. The zero-order chi connectivity index (χ0) is 15.3. The van der Waals surface area contributed by atoms with Crippen molar-refractivity contribution in [3.8, 4) is 0 Å². The number of nitrogens with two attached hydrogens (primary N) is 1. The van der Waals surface area contributed by atoms with Crippen molar-refractivity contribution in [3.05, 3.63) is 0 Å². The normalized spacial score (nSPS) is 18.7. The van der Waals surface area contributed by atoms with E-state index >= 15 is 0 Å². The van der Waals surface area contributed by atoms with Gasteiger partial charge < -0.3 is 20.5 Å². The van der Waals surface area contributed by atoms with E-state index in [9.17, 15) is 0 Å². The number of guanidine groups is 1. The molecule has 0 heterocycles. The monoisotopic (exact) mass is 299 g/mol. The van der Waals surface area contributed by atoms with Gasteiger partial charge in [0.05, 0.1) is 12.7 Å². The van der Waals surface area contributed by atoms with Crippen molar-refractivity contribution >= 4 is 5.96 Å². The second kappa shape index (κ2) is 11.8. The van der Waals surface area contributed by atoms with Crippen LogP contribution in [0.15, 0.2) is 4.99 Å². The quantitative estimate of drug-likeness (QED) is 0.369. The first-order chi connectivity index (χ1) is 10.2. The minimum absolute atomic E-state index is 0.197. The molecule has 5 heteroatoms. The van der Waals surface area contributed by atoms with Crippen molar-refractivity contribution in [2.45, 2.75) is 70.4 Å². The van der Waals surface area contributed by atoms with Gasteiger partial charge in [-0.15, -0.1) is 0 Å². The van der Waals surface area contributed by atoms with Gasteiger partial charge in [0.1, 0.15) is 0 Å². The number of nitrogens with zero attached hydrogens (tertiary/aromatic N) is 1. The topological polar surface area (TPSA) is 68.9 Å². The lowest BCUT2D eigenvalue weighted by molar-refractivity contribution is 0.0264. The van der Waals surface area contributed by atoms with Gasteiger partial charge in [0.2, 0.25) is 0 Å². The van der Waals surface area contributed by atoms with Gasteiger partial charge in [-0.2, -0.15) is 0 Å². The van der Waals surface area contributed by atoms with Crippen LogP contribution in [0.25, 0.3) is 0 Å². The van der Waals surface area contributed by atoms with E-state index in [0.29, 0.717) is 18.7 Å². The molecule has 5 nitrogen and oxygen atoms in total. The predicted octanol–water partition coefficient (Wildman–Crippen LogP) is 2.45. The fraction of sp³-hybridized carbons (Fsp3) is 0.938. The highest BCUT2D eigenvalue weighted by Gasteiger charge is 2.12. The maximum Gasteiger partial charge on any atom is 0.188 e. The van der Waals surface area contributed by atoms with Crippen molar-refractivity contribution in [2.24, 2.45) is 10.7 Å². The van der Waals surface area contributed by atoms with E-state index in [4.69, 9.17) is 15.2 Å². The zero-order valence-electron chi connectivity index (χ0n) is 13.8. The molecule has 1 saturated carbocycles. The van der Waals surface area contributed by atoms with Crippen molar-refractivity contribution in [2.75, 3.05) is 26.9 Å². The van der Waals surface area contributed by atoms with E-state index in [0.717, 1.165) is 32.4 Å². The largest absolute Gasteiger partial charge is 0.383 e. The lowest BCUT2D eigenvalue weighted by Gasteiger charge is -2.21.